The summed E-state index contributed by atoms with van der Waals surface area (Å²) in [6.45, 7) is 0.0541. The molecule has 5 nitrogen and oxygen atoms in total. The molecule has 1 atom stereocenters. The molecule has 3 rings (SSSR count). The van der Waals surface area contributed by atoms with Crippen LogP contribution in [0.5, 0.6) is 11.5 Å². The molecule has 0 aromatic heterocycles. The van der Waals surface area contributed by atoms with E-state index in [9.17, 15) is 9.59 Å². The minimum atomic E-state index is -1.04. The highest BCUT2D eigenvalue weighted by atomic mass is 35.5. The maximum Gasteiger partial charge on any atom is 0.343 e. The van der Waals surface area contributed by atoms with Crippen molar-refractivity contribution in [3.63, 3.8) is 0 Å². The predicted octanol–water partition coefficient (Wildman–Crippen LogP) is 1.39. The molecule has 1 aromatic carbocycles. The van der Waals surface area contributed by atoms with Gasteiger partial charge in [0.15, 0.2) is 11.5 Å². The Morgan fingerprint density at radius 3 is 2.94 bits per heavy atom. The third kappa shape index (κ3) is 1.12. The Balaban J connectivity index is 2.21. The number of carbonyl (C=O) groups is 2. The normalized spacial score (nSPS) is 20.6. The van der Waals surface area contributed by atoms with Crippen LogP contribution < -0.4 is 9.47 Å². The van der Waals surface area contributed by atoms with Gasteiger partial charge >= 0.3 is 5.97 Å². The average molecular weight is 241 g/mol. The van der Waals surface area contributed by atoms with E-state index in [1.807, 2.05) is 0 Å². The SMILES string of the molecule is O=C1OC(C(=O)Cl)c2ccc3c(c21)OCO3. The highest BCUT2D eigenvalue weighted by Gasteiger charge is 2.40. The lowest BCUT2D eigenvalue weighted by Crippen LogP contribution is -2.05. The van der Waals surface area contributed by atoms with Gasteiger partial charge in [-0.1, -0.05) is 0 Å². The Hall–Kier alpha value is -1.75. The first-order valence-corrected chi connectivity index (χ1v) is 4.89. The lowest BCUT2D eigenvalue weighted by Gasteiger charge is -2.03. The summed E-state index contributed by atoms with van der Waals surface area (Å²) in [6.07, 6.45) is -1.04. The monoisotopic (exact) mass is 240 g/mol. The number of carbonyl (C=O) groups excluding carboxylic acids is 2. The van der Waals surface area contributed by atoms with E-state index < -0.39 is 17.3 Å². The van der Waals surface area contributed by atoms with Crippen molar-refractivity contribution in [3.8, 4) is 11.5 Å². The molecule has 2 heterocycles. The first-order valence-electron chi connectivity index (χ1n) is 4.51. The molecule has 2 aliphatic rings. The van der Waals surface area contributed by atoms with Gasteiger partial charge in [-0.2, -0.15) is 0 Å². The van der Waals surface area contributed by atoms with Crippen molar-refractivity contribution in [2.45, 2.75) is 6.10 Å². The van der Waals surface area contributed by atoms with Crippen LogP contribution in [0.2, 0.25) is 0 Å². The smallest absolute Gasteiger partial charge is 0.343 e. The zero-order chi connectivity index (χ0) is 11.3. The van der Waals surface area contributed by atoms with E-state index in [-0.39, 0.29) is 12.4 Å². The summed E-state index contributed by atoms with van der Waals surface area (Å²) in [6, 6.07) is 3.20. The minimum Gasteiger partial charge on any atom is -0.454 e. The zero-order valence-electron chi connectivity index (χ0n) is 7.86. The molecule has 0 N–H and O–H groups in total. The molecule has 0 saturated heterocycles. The minimum absolute atomic E-state index is 0.0541. The number of rotatable bonds is 1. The Morgan fingerprint density at radius 2 is 2.19 bits per heavy atom. The van der Waals surface area contributed by atoms with E-state index in [0.29, 0.717) is 17.1 Å². The molecule has 6 heteroatoms. The third-order valence-electron chi connectivity index (χ3n) is 2.49. The number of ether oxygens (including phenoxy) is 3. The number of hydrogen-bond donors (Lipinski definition) is 0. The predicted molar refractivity (Wildman–Crippen MR) is 51.6 cm³/mol. The summed E-state index contributed by atoms with van der Waals surface area (Å²) < 4.78 is 15.1. The van der Waals surface area contributed by atoms with Crippen LogP contribution in [-0.4, -0.2) is 18.0 Å². The molecule has 1 unspecified atom stereocenters. The Labute approximate surface area is 94.8 Å². The Kier molecular flexibility index (Phi) is 1.85. The van der Waals surface area contributed by atoms with Crippen LogP contribution in [0.3, 0.4) is 0 Å². The lowest BCUT2D eigenvalue weighted by atomic mass is 10.0. The van der Waals surface area contributed by atoms with Crippen LogP contribution in [-0.2, 0) is 9.53 Å². The molecule has 16 heavy (non-hydrogen) atoms. The highest BCUT2D eigenvalue weighted by molar-refractivity contribution is 6.64. The molecule has 0 radical (unpaired) electrons. The summed E-state index contributed by atoms with van der Waals surface area (Å²) in [5.74, 6) is 0.178. The largest absolute Gasteiger partial charge is 0.454 e. The van der Waals surface area contributed by atoms with Crippen molar-refractivity contribution >= 4 is 22.8 Å². The molecule has 82 valence electrons. The van der Waals surface area contributed by atoms with Crippen LogP contribution >= 0.6 is 11.6 Å². The van der Waals surface area contributed by atoms with E-state index in [1.54, 1.807) is 12.1 Å². The van der Waals surface area contributed by atoms with Gasteiger partial charge in [0.2, 0.25) is 12.9 Å². The second kappa shape index (κ2) is 3.12. The maximum atomic E-state index is 11.6. The van der Waals surface area contributed by atoms with E-state index in [1.165, 1.54) is 0 Å². The van der Waals surface area contributed by atoms with E-state index in [4.69, 9.17) is 25.8 Å². The van der Waals surface area contributed by atoms with Gasteiger partial charge in [-0.05, 0) is 23.7 Å². The molecule has 0 saturated carbocycles. The molecule has 0 amide bonds. The van der Waals surface area contributed by atoms with Crippen LogP contribution in [0.1, 0.15) is 22.0 Å². The van der Waals surface area contributed by atoms with Crippen molar-refractivity contribution in [2.24, 2.45) is 0 Å². The van der Waals surface area contributed by atoms with Crippen LogP contribution in [0.25, 0.3) is 0 Å². The summed E-state index contributed by atoms with van der Waals surface area (Å²) >= 11 is 5.34. The van der Waals surface area contributed by atoms with Crippen LogP contribution in [0.4, 0.5) is 0 Å². The van der Waals surface area contributed by atoms with Gasteiger partial charge in [0, 0.05) is 5.56 Å². The number of cyclic esters (lactones) is 1. The van der Waals surface area contributed by atoms with Crippen LogP contribution in [0.15, 0.2) is 12.1 Å². The number of hydrogen-bond acceptors (Lipinski definition) is 5. The van der Waals surface area contributed by atoms with Gasteiger partial charge in [-0.15, -0.1) is 0 Å². The molecule has 1 aromatic rings. The molecule has 0 fully saturated rings. The van der Waals surface area contributed by atoms with Gasteiger partial charge in [0.1, 0.15) is 5.56 Å². The zero-order valence-corrected chi connectivity index (χ0v) is 8.61. The van der Waals surface area contributed by atoms with Gasteiger partial charge < -0.3 is 14.2 Å². The molecule has 0 aliphatic carbocycles. The number of fused-ring (bicyclic) bond motifs is 3. The van der Waals surface area contributed by atoms with Gasteiger partial charge in [0.25, 0.3) is 5.24 Å². The summed E-state index contributed by atoms with van der Waals surface area (Å²) in [5.41, 5.74) is 0.656. The number of halogens is 1. The van der Waals surface area contributed by atoms with E-state index >= 15 is 0 Å². The van der Waals surface area contributed by atoms with Crippen molar-refractivity contribution in [2.75, 3.05) is 6.79 Å². The van der Waals surface area contributed by atoms with Crippen molar-refractivity contribution in [1.82, 2.24) is 0 Å². The van der Waals surface area contributed by atoms with Crippen molar-refractivity contribution in [1.29, 1.82) is 0 Å². The van der Waals surface area contributed by atoms with Crippen molar-refractivity contribution < 1.29 is 23.8 Å². The second-order valence-corrected chi connectivity index (χ2v) is 3.73. The Bertz CT molecular complexity index is 510. The summed E-state index contributed by atoms with van der Waals surface area (Å²) in [7, 11) is 0. The Morgan fingerprint density at radius 1 is 1.38 bits per heavy atom. The fraction of sp³-hybridized carbons (Fsp3) is 0.200. The fourth-order valence-corrected chi connectivity index (χ4v) is 1.98. The lowest BCUT2D eigenvalue weighted by molar-refractivity contribution is -0.119. The highest BCUT2D eigenvalue weighted by Crippen LogP contribution is 2.44. The van der Waals surface area contributed by atoms with Crippen LogP contribution in [0, 0.1) is 0 Å². The van der Waals surface area contributed by atoms with E-state index in [2.05, 4.69) is 0 Å². The fourth-order valence-electron chi connectivity index (χ4n) is 1.81. The topological polar surface area (TPSA) is 61.8 Å². The van der Waals surface area contributed by atoms with Gasteiger partial charge in [-0.25, -0.2) is 4.79 Å². The number of benzene rings is 1. The summed E-state index contributed by atoms with van der Waals surface area (Å²) in [4.78, 5) is 22.6. The second-order valence-electron chi connectivity index (χ2n) is 3.35. The number of esters is 1. The third-order valence-corrected chi connectivity index (χ3v) is 2.69. The summed E-state index contributed by atoms with van der Waals surface area (Å²) in [5, 5.41) is -0.731. The van der Waals surface area contributed by atoms with Crippen molar-refractivity contribution in [3.05, 3.63) is 23.3 Å². The van der Waals surface area contributed by atoms with E-state index in [0.717, 1.165) is 0 Å². The molecule has 0 bridgehead atoms. The molecular formula is C10H5ClO5. The maximum absolute atomic E-state index is 11.6. The van der Waals surface area contributed by atoms with Gasteiger partial charge in [0.05, 0.1) is 0 Å². The quantitative estimate of drug-likeness (QED) is 0.548. The molecule has 0 spiro atoms. The molecular weight excluding hydrogens is 236 g/mol. The average Bonchev–Trinajstić information content (AvgIpc) is 2.81. The van der Waals surface area contributed by atoms with Gasteiger partial charge in [-0.3, -0.25) is 4.79 Å². The first-order chi connectivity index (χ1) is 7.68. The first kappa shape index (κ1) is 9.47. The standard InChI is InChI=1S/C10H5ClO5/c11-9(12)7-4-1-2-5-8(15-3-14-5)6(4)10(13)16-7/h1-2,7H,3H2. The molecule has 2 aliphatic heterocycles.